The Bertz CT molecular complexity index is 1110. The molecule has 5 nitrogen and oxygen atoms in total. The molecule has 0 radical (unpaired) electrons. The number of anilines is 2. The molecule has 2 amide bonds. The first kappa shape index (κ1) is 20.3. The van der Waals surface area contributed by atoms with E-state index < -0.39 is 6.03 Å². The molecule has 0 saturated heterocycles. The van der Waals surface area contributed by atoms with Crippen LogP contribution in [0.2, 0.25) is 10.0 Å². The Labute approximate surface area is 185 Å². The Balaban J connectivity index is 1.54. The molecule has 0 bridgehead atoms. The van der Waals surface area contributed by atoms with Gasteiger partial charge in [-0.05, 0) is 36.8 Å². The number of halogens is 2. The Hall–Kier alpha value is -3.02. The first-order valence-corrected chi connectivity index (χ1v) is 10.3. The smallest absolute Gasteiger partial charge is 0.339 e. The van der Waals surface area contributed by atoms with Gasteiger partial charge in [0, 0.05) is 22.7 Å². The number of nitrogens with zero attached hydrogens (tertiary/aromatic N) is 1. The van der Waals surface area contributed by atoms with Crippen LogP contribution >= 0.6 is 23.2 Å². The molecule has 1 aliphatic heterocycles. The van der Waals surface area contributed by atoms with Crippen molar-refractivity contribution in [2.24, 2.45) is 5.10 Å². The van der Waals surface area contributed by atoms with Gasteiger partial charge in [0.1, 0.15) is 0 Å². The van der Waals surface area contributed by atoms with Gasteiger partial charge in [-0.15, -0.1) is 0 Å². The maximum Gasteiger partial charge on any atom is 0.339 e. The lowest BCUT2D eigenvalue weighted by atomic mass is 9.91. The molecule has 0 saturated carbocycles. The molecule has 3 aromatic carbocycles. The van der Waals surface area contributed by atoms with Crippen LogP contribution in [-0.2, 0) is 0 Å². The molecule has 0 spiro atoms. The normalized spacial score (nSPS) is 16.5. The second kappa shape index (κ2) is 8.78. The van der Waals surface area contributed by atoms with E-state index in [1.165, 1.54) is 11.1 Å². The van der Waals surface area contributed by atoms with Crippen molar-refractivity contribution in [1.82, 2.24) is 5.43 Å². The van der Waals surface area contributed by atoms with E-state index in [0.29, 0.717) is 22.2 Å². The summed E-state index contributed by atoms with van der Waals surface area (Å²) < 4.78 is 0. The molecule has 1 heterocycles. The Morgan fingerprint density at radius 1 is 1.07 bits per heavy atom. The van der Waals surface area contributed by atoms with Crippen LogP contribution in [0.25, 0.3) is 0 Å². The van der Waals surface area contributed by atoms with Gasteiger partial charge < -0.3 is 10.6 Å². The number of amides is 2. The average molecular weight is 439 g/mol. The lowest BCUT2D eigenvalue weighted by molar-refractivity contribution is 0.252. The van der Waals surface area contributed by atoms with E-state index in [9.17, 15) is 4.79 Å². The topological polar surface area (TPSA) is 65.5 Å². The van der Waals surface area contributed by atoms with E-state index in [1.807, 2.05) is 24.3 Å². The summed E-state index contributed by atoms with van der Waals surface area (Å²) in [5.74, 6) is 0. The molecule has 1 unspecified atom stereocenters. The molecule has 3 N–H and O–H groups in total. The highest BCUT2D eigenvalue weighted by Crippen LogP contribution is 2.33. The monoisotopic (exact) mass is 438 g/mol. The molecule has 0 aromatic heterocycles. The number of para-hydroxylation sites is 1. The second-order valence-electron chi connectivity index (χ2n) is 7.11. The van der Waals surface area contributed by atoms with Gasteiger partial charge in [-0.3, -0.25) is 0 Å². The fraction of sp³-hybridized carbons (Fsp3) is 0.130. The number of urea groups is 1. The number of hydrogen-bond donors (Lipinski definition) is 3. The van der Waals surface area contributed by atoms with Crippen molar-refractivity contribution in [2.45, 2.75) is 19.4 Å². The molecule has 7 heteroatoms. The largest absolute Gasteiger partial charge is 0.377 e. The first-order chi connectivity index (χ1) is 14.5. The third-order valence-electron chi connectivity index (χ3n) is 4.92. The van der Waals surface area contributed by atoms with Crippen LogP contribution in [0.15, 0.2) is 71.8 Å². The van der Waals surface area contributed by atoms with Crippen LogP contribution in [-0.4, -0.2) is 11.7 Å². The zero-order chi connectivity index (χ0) is 21.1. The van der Waals surface area contributed by atoms with Gasteiger partial charge in [0.05, 0.1) is 22.5 Å². The maximum atomic E-state index is 12.4. The van der Waals surface area contributed by atoms with Crippen molar-refractivity contribution in [3.8, 4) is 0 Å². The molecular weight excluding hydrogens is 419 g/mol. The molecule has 0 fully saturated rings. The minimum Gasteiger partial charge on any atom is -0.377 e. The minimum absolute atomic E-state index is 0.0646. The number of hydrazone groups is 1. The predicted octanol–water partition coefficient (Wildman–Crippen LogP) is 6.38. The molecular formula is C23H20Cl2N4O. The quantitative estimate of drug-likeness (QED) is 0.415. The van der Waals surface area contributed by atoms with Crippen molar-refractivity contribution in [3.63, 3.8) is 0 Å². The van der Waals surface area contributed by atoms with Gasteiger partial charge in [-0.25, -0.2) is 10.2 Å². The number of aryl methyl sites for hydroxylation is 1. The van der Waals surface area contributed by atoms with Gasteiger partial charge in [0.25, 0.3) is 0 Å². The molecule has 0 aliphatic carbocycles. The van der Waals surface area contributed by atoms with Gasteiger partial charge in [-0.2, -0.15) is 5.10 Å². The van der Waals surface area contributed by atoms with E-state index in [2.05, 4.69) is 52.3 Å². The van der Waals surface area contributed by atoms with Gasteiger partial charge >= 0.3 is 6.03 Å². The van der Waals surface area contributed by atoms with Gasteiger partial charge in [-0.1, -0.05) is 71.2 Å². The molecule has 3 aromatic rings. The number of rotatable bonds is 3. The number of nitrogens with one attached hydrogen (secondary N) is 3. The van der Waals surface area contributed by atoms with Crippen LogP contribution in [0.4, 0.5) is 16.2 Å². The summed E-state index contributed by atoms with van der Waals surface area (Å²) >= 11 is 12.0. The molecule has 152 valence electrons. The van der Waals surface area contributed by atoms with Gasteiger partial charge in [0.15, 0.2) is 0 Å². The van der Waals surface area contributed by atoms with E-state index in [4.69, 9.17) is 23.2 Å². The predicted molar refractivity (Wildman–Crippen MR) is 124 cm³/mol. The van der Waals surface area contributed by atoms with Crippen molar-refractivity contribution in [3.05, 3.63) is 93.5 Å². The SMILES string of the molecule is Cc1ccc(C2CC(=NNC(=O)Nc3ccc(Cl)cc3Cl)c3ccccc3N2)cc1. The highest BCUT2D eigenvalue weighted by molar-refractivity contribution is 6.36. The summed E-state index contributed by atoms with van der Waals surface area (Å²) in [6.07, 6.45) is 0.641. The molecule has 1 atom stereocenters. The highest BCUT2D eigenvalue weighted by Gasteiger charge is 2.24. The lowest BCUT2D eigenvalue weighted by Crippen LogP contribution is -2.29. The number of carbonyl (C=O) groups is 1. The van der Waals surface area contributed by atoms with Crippen LogP contribution in [0.1, 0.15) is 29.2 Å². The molecule has 4 rings (SSSR count). The lowest BCUT2D eigenvalue weighted by Gasteiger charge is -2.28. The fourth-order valence-corrected chi connectivity index (χ4v) is 3.82. The summed E-state index contributed by atoms with van der Waals surface area (Å²) in [5, 5.41) is 11.5. The average Bonchev–Trinajstić information content (AvgIpc) is 2.74. The zero-order valence-electron chi connectivity index (χ0n) is 16.2. The molecule has 30 heavy (non-hydrogen) atoms. The number of fused-ring (bicyclic) bond motifs is 1. The van der Waals surface area contributed by atoms with Crippen molar-refractivity contribution >= 4 is 46.3 Å². The summed E-state index contributed by atoms with van der Waals surface area (Å²) in [7, 11) is 0. The van der Waals surface area contributed by atoms with Crippen molar-refractivity contribution in [1.29, 1.82) is 0 Å². The number of hydrogen-bond acceptors (Lipinski definition) is 3. The Kier molecular flexibility index (Phi) is 5.93. The maximum absolute atomic E-state index is 12.4. The van der Waals surface area contributed by atoms with Crippen LogP contribution in [0, 0.1) is 6.92 Å². The number of carbonyl (C=O) groups excluding carboxylic acids is 1. The van der Waals surface area contributed by atoms with E-state index in [-0.39, 0.29) is 6.04 Å². The third-order valence-corrected chi connectivity index (χ3v) is 5.46. The van der Waals surface area contributed by atoms with E-state index in [1.54, 1.807) is 18.2 Å². The van der Waals surface area contributed by atoms with E-state index >= 15 is 0 Å². The van der Waals surface area contributed by atoms with Crippen LogP contribution in [0.5, 0.6) is 0 Å². The summed E-state index contributed by atoms with van der Waals surface area (Å²) in [6, 6.07) is 20.8. The standard InChI is InChI=1S/C23H20Cl2N4O/c1-14-6-8-15(9-7-14)21-13-22(17-4-2-3-5-19(17)26-21)28-29-23(30)27-20-11-10-16(24)12-18(20)25/h2-12,21,26H,13H2,1H3,(H2,27,29,30). The van der Waals surface area contributed by atoms with Crippen LogP contribution < -0.4 is 16.1 Å². The highest BCUT2D eigenvalue weighted by atomic mass is 35.5. The fourth-order valence-electron chi connectivity index (χ4n) is 3.37. The van der Waals surface area contributed by atoms with Gasteiger partial charge in [0.2, 0.25) is 0 Å². The zero-order valence-corrected chi connectivity index (χ0v) is 17.8. The molecule has 1 aliphatic rings. The summed E-state index contributed by atoms with van der Waals surface area (Å²) in [5.41, 5.74) is 8.17. The van der Waals surface area contributed by atoms with Crippen molar-refractivity contribution in [2.75, 3.05) is 10.6 Å². The number of benzene rings is 3. The van der Waals surface area contributed by atoms with Crippen LogP contribution in [0.3, 0.4) is 0 Å². The first-order valence-electron chi connectivity index (χ1n) is 9.51. The third kappa shape index (κ3) is 4.58. The Morgan fingerprint density at radius 3 is 2.60 bits per heavy atom. The van der Waals surface area contributed by atoms with E-state index in [0.717, 1.165) is 17.0 Å². The summed E-state index contributed by atoms with van der Waals surface area (Å²) in [6.45, 7) is 2.07. The second-order valence-corrected chi connectivity index (χ2v) is 7.95. The van der Waals surface area contributed by atoms with Crippen molar-refractivity contribution < 1.29 is 4.79 Å². The Morgan fingerprint density at radius 2 is 1.83 bits per heavy atom. The summed E-state index contributed by atoms with van der Waals surface area (Å²) in [4.78, 5) is 12.4. The minimum atomic E-state index is -0.477.